The Morgan fingerprint density at radius 1 is 1.00 bits per heavy atom. The smallest absolute Gasteiger partial charge is 0.224 e. The van der Waals surface area contributed by atoms with Gasteiger partial charge in [0.15, 0.2) is 0 Å². The van der Waals surface area contributed by atoms with Crippen molar-refractivity contribution >= 4 is 23.4 Å². The van der Waals surface area contributed by atoms with Crippen LogP contribution in [-0.2, 0) is 13.0 Å². The molecule has 3 rings (SSSR count). The fourth-order valence-electron chi connectivity index (χ4n) is 2.54. The Kier molecular flexibility index (Phi) is 6.02. The van der Waals surface area contributed by atoms with Crippen LogP contribution in [0.15, 0.2) is 54.6 Å². The Bertz CT molecular complexity index is 868. The Labute approximate surface area is 157 Å². The number of nitrogens with one attached hydrogen (secondary N) is 2. The van der Waals surface area contributed by atoms with Crippen LogP contribution in [0.3, 0.4) is 0 Å². The largest absolute Gasteiger partial charge is 0.366 e. The van der Waals surface area contributed by atoms with Gasteiger partial charge in [0.1, 0.15) is 11.6 Å². The van der Waals surface area contributed by atoms with Crippen LogP contribution >= 0.6 is 11.6 Å². The lowest BCUT2D eigenvalue weighted by atomic mass is 10.1. The SMILES string of the molecule is Cc1cc(NCc2ccccc2Cl)nc(NCCc2ccc(F)cc2)n1. The summed E-state index contributed by atoms with van der Waals surface area (Å²) in [7, 11) is 0. The average Bonchev–Trinajstić information content (AvgIpc) is 2.62. The average molecular weight is 371 g/mol. The Hall–Kier alpha value is -2.66. The minimum atomic E-state index is -0.224. The molecule has 1 heterocycles. The van der Waals surface area contributed by atoms with Crippen molar-refractivity contribution < 1.29 is 4.39 Å². The maximum Gasteiger partial charge on any atom is 0.224 e. The van der Waals surface area contributed by atoms with E-state index in [4.69, 9.17) is 11.6 Å². The molecule has 0 spiro atoms. The Balaban J connectivity index is 1.58. The van der Waals surface area contributed by atoms with Crippen LogP contribution in [0.25, 0.3) is 0 Å². The molecule has 0 atom stereocenters. The van der Waals surface area contributed by atoms with Crippen molar-refractivity contribution in [3.05, 3.63) is 82.3 Å². The van der Waals surface area contributed by atoms with Crippen LogP contribution in [0.4, 0.5) is 16.2 Å². The third kappa shape index (κ3) is 5.17. The molecule has 0 aliphatic heterocycles. The van der Waals surface area contributed by atoms with E-state index in [1.165, 1.54) is 12.1 Å². The van der Waals surface area contributed by atoms with Gasteiger partial charge in [-0.3, -0.25) is 0 Å². The highest BCUT2D eigenvalue weighted by Gasteiger charge is 2.04. The first-order valence-corrected chi connectivity index (χ1v) is 8.79. The molecule has 0 bridgehead atoms. The van der Waals surface area contributed by atoms with Gasteiger partial charge in [-0.15, -0.1) is 0 Å². The number of aryl methyl sites for hydroxylation is 1. The van der Waals surface area contributed by atoms with E-state index in [9.17, 15) is 4.39 Å². The molecular weight excluding hydrogens is 351 g/mol. The lowest BCUT2D eigenvalue weighted by molar-refractivity contribution is 0.627. The standard InChI is InChI=1S/C20H20ClFN4/c1-14-12-19(24-13-16-4-2-3-5-18(16)21)26-20(25-14)23-11-10-15-6-8-17(22)9-7-15/h2-9,12H,10-11,13H2,1H3,(H2,23,24,25,26). The van der Waals surface area contributed by atoms with Crippen molar-refractivity contribution in [1.82, 2.24) is 9.97 Å². The molecule has 0 radical (unpaired) electrons. The molecule has 0 unspecified atom stereocenters. The maximum absolute atomic E-state index is 12.9. The molecular formula is C20H20ClFN4. The number of hydrogen-bond donors (Lipinski definition) is 2. The molecule has 4 nitrogen and oxygen atoms in total. The minimum absolute atomic E-state index is 0.224. The topological polar surface area (TPSA) is 49.8 Å². The number of aromatic nitrogens is 2. The van der Waals surface area contributed by atoms with E-state index < -0.39 is 0 Å². The highest BCUT2D eigenvalue weighted by Crippen LogP contribution is 2.17. The molecule has 0 aliphatic rings. The zero-order valence-corrected chi connectivity index (χ0v) is 15.2. The third-order valence-electron chi connectivity index (χ3n) is 3.88. The summed E-state index contributed by atoms with van der Waals surface area (Å²) in [5.41, 5.74) is 2.94. The lowest BCUT2D eigenvalue weighted by Crippen LogP contribution is -2.10. The predicted molar refractivity (Wildman–Crippen MR) is 104 cm³/mol. The lowest BCUT2D eigenvalue weighted by Gasteiger charge is -2.11. The number of nitrogens with zero attached hydrogens (tertiary/aromatic N) is 2. The van der Waals surface area contributed by atoms with Gasteiger partial charge < -0.3 is 10.6 Å². The van der Waals surface area contributed by atoms with Gasteiger partial charge in [-0.2, -0.15) is 4.98 Å². The second kappa shape index (κ2) is 8.63. The molecule has 0 aliphatic carbocycles. The summed E-state index contributed by atoms with van der Waals surface area (Å²) in [6, 6.07) is 16.1. The molecule has 26 heavy (non-hydrogen) atoms. The summed E-state index contributed by atoms with van der Waals surface area (Å²) in [6.45, 7) is 3.18. The normalized spacial score (nSPS) is 10.6. The van der Waals surface area contributed by atoms with Gasteiger partial charge in [0, 0.05) is 29.9 Å². The number of benzene rings is 2. The van der Waals surface area contributed by atoms with E-state index >= 15 is 0 Å². The maximum atomic E-state index is 12.9. The van der Waals surface area contributed by atoms with Gasteiger partial charge in [0.2, 0.25) is 5.95 Å². The monoisotopic (exact) mass is 370 g/mol. The molecule has 0 amide bonds. The van der Waals surface area contributed by atoms with Crippen molar-refractivity contribution in [1.29, 1.82) is 0 Å². The molecule has 1 aromatic heterocycles. The highest BCUT2D eigenvalue weighted by atomic mass is 35.5. The van der Waals surface area contributed by atoms with Crippen molar-refractivity contribution in [2.75, 3.05) is 17.2 Å². The van der Waals surface area contributed by atoms with E-state index in [2.05, 4.69) is 20.6 Å². The Morgan fingerprint density at radius 3 is 2.54 bits per heavy atom. The van der Waals surface area contributed by atoms with E-state index in [-0.39, 0.29) is 5.82 Å². The van der Waals surface area contributed by atoms with Gasteiger partial charge in [0.25, 0.3) is 0 Å². The highest BCUT2D eigenvalue weighted by molar-refractivity contribution is 6.31. The van der Waals surface area contributed by atoms with Gasteiger partial charge in [-0.1, -0.05) is 41.9 Å². The van der Waals surface area contributed by atoms with Crippen molar-refractivity contribution in [3.63, 3.8) is 0 Å². The molecule has 134 valence electrons. The van der Waals surface area contributed by atoms with E-state index in [0.29, 0.717) is 19.0 Å². The first kappa shape index (κ1) is 18.1. The summed E-state index contributed by atoms with van der Waals surface area (Å²) in [6.07, 6.45) is 0.764. The molecule has 0 fully saturated rings. The summed E-state index contributed by atoms with van der Waals surface area (Å²) >= 11 is 6.18. The summed E-state index contributed by atoms with van der Waals surface area (Å²) in [4.78, 5) is 8.89. The van der Waals surface area contributed by atoms with Crippen LogP contribution < -0.4 is 10.6 Å². The predicted octanol–water partition coefficient (Wildman–Crippen LogP) is 4.84. The molecule has 3 aromatic rings. The molecule has 6 heteroatoms. The van der Waals surface area contributed by atoms with E-state index in [1.54, 1.807) is 12.1 Å². The van der Waals surface area contributed by atoms with Gasteiger partial charge in [0.05, 0.1) is 0 Å². The van der Waals surface area contributed by atoms with Gasteiger partial charge in [-0.25, -0.2) is 9.37 Å². The zero-order valence-electron chi connectivity index (χ0n) is 14.5. The van der Waals surface area contributed by atoms with Crippen molar-refractivity contribution in [2.45, 2.75) is 19.9 Å². The van der Waals surface area contributed by atoms with Crippen molar-refractivity contribution in [2.24, 2.45) is 0 Å². The van der Waals surface area contributed by atoms with Crippen LogP contribution in [-0.4, -0.2) is 16.5 Å². The number of anilines is 2. The first-order valence-electron chi connectivity index (χ1n) is 8.41. The summed E-state index contributed by atoms with van der Waals surface area (Å²) in [5, 5.41) is 7.22. The molecule has 2 aromatic carbocycles. The summed E-state index contributed by atoms with van der Waals surface area (Å²) < 4.78 is 12.9. The number of hydrogen-bond acceptors (Lipinski definition) is 4. The third-order valence-corrected chi connectivity index (χ3v) is 4.25. The quantitative estimate of drug-likeness (QED) is 0.624. The number of rotatable bonds is 7. The van der Waals surface area contributed by atoms with Crippen LogP contribution in [0.2, 0.25) is 5.02 Å². The molecule has 2 N–H and O–H groups in total. The second-order valence-electron chi connectivity index (χ2n) is 5.97. The number of halogens is 2. The van der Waals surface area contributed by atoms with E-state index in [1.807, 2.05) is 37.3 Å². The molecule has 0 saturated carbocycles. The molecule has 0 saturated heterocycles. The zero-order chi connectivity index (χ0) is 18.4. The van der Waals surface area contributed by atoms with E-state index in [0.717, 1.165) is 34.1 Å². The van der Waals surface area contributed by atoms with Crippen LogP contribution in [0, 0.1) is 12.7 Å². The van der Waals surface area contributed by atoms with Crippen LogP contribution in [0.5, 0.6) is 0 Å². The fourth-order valence-corrected chi connectivity index (χ4v) is 2.74. The first-order chi connectivity index (χ1) is 12.6. The minimum Gasteiger partial charge on any atom is -0.366 e. The Morgan fingerprint density at radius 2 is 1.77 bits per heavy atom. The van der Waals surface area contributed by atoms with Crippen LogP contribution in [0.1, 0.15) is 16.8 Å². The second-order valence-corrected chi connectivity index (χ2v) is 6.37. The summed E-state index contributed by atoms with van der Waals surface area (Å²) in [5.74, 6) is 1.08. The van der Waals surface area contributed by atoms with Gasteiger partial charge in [-0.05, 0) is 42.7 Å². The van der Waals surface area contributed by atoms with Crippen molar-refractivity contribution in [3.8, 4) is 0 Å². The fraction of sp³-hybridized carbons (Fsp3) is 0.200. The van der Waals surface area contributed by atoms with Gasteiger partial charge >= 0.3 is 0 Å².